The van der Waals surface area contributed by atoms with E-state index >= 15 is 0 Å². The van der Waals surface area contributed by atoms with Crippen molar-refractivity contribution in [3.63, 3.8) is 0 Å². The van der Waals surface area contributed by atoms with Crippen LogP contribution in [0, 0.1) is 0 Å². The third-order valence-electron chi connectivity index (χ3n) is 4.98. The number of benzene rings is 2. The van der Waals surface area contributed by atoms with Crippen molar-refractivity contribution in [3.05, 3.63) is 65.9 Å². The number of amides is 1. The Morgan fingerprint density at radius 2 is 2.07 bits per heavy atom. The van der Waals surface area contributed by atoms with Gasteiger partial charge >= 0.3 is 0 Å². The summed E-state index contributed by atoms with van der Waals surface area (Å²) in [5, 5.41) is 7.08. The number of nitrogens with zero attached hydrogens (tertiary/aromatic N) is 1. The Hall–Kier alpha value is -2.70. The maximum absolute atomic E-state index is 11.5. The van der Waals surface area contributed by atoms with Crippen molar-refractivity contribution in [1.82, 2.24) is 4.98 Å². The zero-order valence-electron chi connectivity index (χ0n) is 15.1. The monoisotopic (exact) mass is 378 g/mol. The molecule has 1 aromatic heterocycles. The molecular formula is C21H22N4OS. The summed E-state index contributed by atoms with van der Waals surface area (Å²) in [5.41, 5.74) is 10.6. The maximum atomic E-state index is 11.5. The zero-order chi connectivity index (χ0) is 18.8. The van der Waals surface area contributed by atoms with Gasteiger partial charge in [0, 0.05) is 24.5 Å². The Morgan fingerprint density at radius 1 is 1.26 bits per heavy atom. The van der Waals surface area contributed by atoms with Gasteiger partial charge in [0.1, 0.15) is 0 Å². The molecule has 4 N–H and O–H groups in total. The minimum atomic E-state index is -0.00293. The number of carbonyl (C=O) groups is 1. The first kappa shape index (κ1) is 17.7. The van der Waals surface area contributed by atoms with Crippen molar-refractivity contribution in [2.24, 2.45) is 5.73 Å². The second-order valence-electron chi connectivity index (χ2n) is 6.87. The van der Waals surface area contributed by atoms with Crippen molar-refractivity contribution in [2.45, 2.75) is 25.3 Å². The molecule has 3 aromatic rings. The lowest BCUT2D eigenvalue weighted by atomic mass is 9.94. The van der Waals surface area contributed by atoms with Gasteiger partial charge in [0.25, 0.3) is 0 Å². The number of aromatic nitrogens is 1. The van der Waals surface area contributed by atoms with Crippen LogP contribution in [0.3, 0.4) is 0 Å². The molecule has 5 nitrogen and oxygen atoms in total. The summed E-state index contributed by atoms with van der Waals surface area (Å²) in [6.45, 7) is 2.81. The van der Waals surface area contributed by atoms with Gasteiger partial charge in [-0.15, -0.1) is 0 Å². The average molecular weight is 379 g/mol. The summed E-state index contributed by atoms with van der Waals surface area (Å²) in [4.78, 5) is 17.1. The quantitative estimate of drug-likeness (QED) is 0.609. The second-order valence-corrected chi connectivity index (χ2v) is 7.90. The van der Waals surface area contributed by atoms with Crippen LogP contribution in [0.25, 0.3) is 10.4 Å². The van der Waals surface area contributed by atoms with Gasteiger partial charge in [-0.05, 0) is 34.7 Å². The summed E-state index contributed by atoms with van der Waals surface area (Å²) in [5.74, 6) is 0.315. The number of carbonyl (C=O) groups excluding carboxylic acids is 1. The van der Waals surface area contributed by atoms with Gasteiger partial charge in [-0.25, -0.2) is 4.98 Å². The van der Waals surface area contributed by atoms with Crippen LogP contribution in [0.4, 0.5) is 10.8 Å². The number of thiazole rings is 1. The summed E-state index contributed by atoms with van der Waals surface area (Å²) in [7, 11) is 0. The van der Waals surface area contributed by atoms with Crippen LogP contribution in [-0.4, -0.2) is 23.5 Å². The Morgan fingerprint density at radius 3 is 2.89 bits per heavy atom. The van der Waals surface area contributed by atoms with Crippen LogP contribution in [0.1, 0.15) is 24.0 Å². The predicted octanol–water partition coefficient (Wildman–Crippen LogP) is 3.85. The summed E-state index contributed by atoms with van der Waals surface area (Å²) >= 11 is 1.60. The molecule has 138 valence electrons. The average Bonchev–Trinajstić information content (AvgIpc) is 3.31. The lowest BCUT2D eigenvalue weighted by Gasteiger charge is -2.20. The molecule has 27 heavy (non-hydrogen) atoms. The summed E-state index contributed by atoms with van der Waals surface area (Å²) in [6.07, 6.45) is 2.31. The topological polar surface area (TPSA) is 80.0 Å². The van der Waals surface area contributed by atoms with Crippen molar-refractivity contribution < 1.29 is 4.79 Å². The molecule has 0 saturated heterocycles. The normalized spacial score (nSPS) is 15.1. The number of nitrogens with one attached hydrogen (secondary N) is 2. The number of nitrogens with two attached hydrogens (primary N) is 1. The van der Waals surface area contributed by atoms with Gasteiger partial charge in [-0.3, -0.25) is 4.79 Å². The molecule has 0 bridgehead atoms. The first-order valence-corrected chi connectivity index (χ1v) is 9.85. The molecule has 2 heterocycles. The highest BCUT2D eigenvalue weighted by Crippen LogP contribution is 2.33. The van der Waals surface area contributed by atoms with Gasteiger partial charge in [0.05, 0.1) is 11.3 Å². The summed E-state index contributed by atoms with van der Waals surface area (Å²) in [6, 6.07) is 16.4. The Balaban J connectivity index is 1.40. The summed E-state index contributed by atoms with van der Waals surface area (Å²) < 4.78 is 0. The second kappa shape index (κ2) is 7.50. The fraction of sp³-hybridized carbons (Fsp3) is 0.238. The maximum Gasteiger partial charge on any atom is 0.228 e. The van der Waals surface area contributed by atoms with Gasteiger partial charge in [0.2, 0.25) is 5.91 Å². The highest BCUT2D eigenvalue weighted by Gasteiger charge is 2.19. The lowest BCUT2D eigenvalue weighted by Crippen LogP contribution is -2.34. The molecule has 0 unspecified atom stereocenters. The molecule has 1 amide bonds. The van der Waals surface area contributed by atoms with E-state index in [-0.39, 0.29) is 17.9 Å². The SMILES string of the molecule is C[C@@H](c1ccccc1)[C@@H](N)CNc1ncc(-c2ccc3c(c2)CC(=O)N3)s1. The fourth-order valence-corrected chi connectivity index (χ4v) is 4.08. The Kier molecular flexibility index (Phi) is 4.92. The van der Waals surface area contributed by atoms with Gasteiger partial charge in [0.15, 0.2) is 5.13 Å². The van der Waals surface area contributed by atoms with Crippen LogP contribution in [0.2, 0.25) is 0 Å². The molecule has 0 fully saturated rings. The molecule has 0 radical (unpaired) electrons. The van der Waals surface area contributed by atoms with E-state index < -0.39 is 0 Å². The predicted molar refractivity (Wildman–Crippen MR) is 111 cm³/mol. The number of fused-ring (bicyclic) bond motifs is 1. The third-order valence-corrected chi connectivity index (χ3v) is 5.98. The number of rotatable bonds is 6. The molecule has 6 heteroatoms. The molecule has 0 aliphatic carbocycles. The Labute approximate surface area is 162 Å². The van der Waals surface area contributed by atoms with E-state index in [1.54, 1.807) is 11.3 Å². The number of anilines is 2. The van der Waals surface area contributed by atoms with E-state index in [1.165, 1.54) is 5.56 Å². The molecular weight excluding hydrogens is 356 g/mol. The highest BCUT2D eigenvalue weighted by atomic mass is 32.1. The minimum absolute atomic E-state index is 0.00293. The first-order valence-electron chi connectivity index (χ1n) is 9.03. The van der Waals surface area contributed by atoms with E-state index in [0.717, 1.165) is 26.8 Å². The molecule has 4 rings (SSSR count). The van der Waals surface area contributed by atoms with Crippen LogP contribution < -0.4 is 16.4 Å². The van der Waals surface area contributed by atoms with Crippen molar-refractivity contribution in [1.29, 1.82) is 0 Å². The molecule has 2 aromatic carbocycles. The van der Waals surface area contributed by atoms with Crippen molar-refractivity contribution in [3.8, 4) is 10.4 Å². The van der Waals surface area contributed by atoms with Crippen LogP contribution in [0.5, 0.6) is 0 Å². The van der Waals surface area contributed by atoms with Gasteiger partial charge in [-0.1, -0.05) is 54.7 Å². The fourth-order valence-electron chi connectivity index (χ4n) is 3.26. The largest absolute Gasteiger partial charge is 0.360 e. The number of hydrogen-bond acceptors (Lipinski definition) is 5. The van der Waals surface area contributed by atoms with E-state index in [0.29, 0.717) is 13.0 Å². The number of hydrogen-bond donors (Lipinski definition) is 3. The van der Waals surface area contributed by atoms with E-state index in [4.69, 9.17) is 5.73 Å². The standard InChI is InChI=1S/C21H22N4OS/c1-13(14-5-3-2-4-6-14)17(22)11-23-21-24-12-19(27-21)15-7-8-18-16(9-15)10-20(26)25-18/h2-9,12-13,17H,10-11,22H2,1H3,(H,23,24)(H,25,26)/t13-,17-/m0/s1. The molecule has 0 saturated carbocycles. The van der Waals surface area contributed by atoms with Gasteiger partial charge < -0.3 is 16.4 Å². The first-order chi connectivity index (χ1) is 13.1. The Bertz CT molecular complexity index is 954. The van der Waals surface area contributed by atoms with Crippen LogP contribution in [-0.2, 0) is 11.2 Å². The lowest BCUT2D eigenvalue weighted by molar-refractivity contribution is -0.115. The molecule has 1 aliphatic rings. The van der Waals surface area contributed by atoms with Crippen LogP contribution >= 0.6 is 11.3 Å². The van der Waals surface area contributed by atoms with Gasteiger partial charge in [-0.2, -0.15) is 0 Å². The van der Waals surface area contributed by atoms with E-state index in [2.05, 4.69) is 40.7 Å². The molecule has 2 atom stereocenters. The van der Waals surface area contributed by atoms with Crippen molar-refractivity contribution >= 4 is 28.1 Å². The smallest absolute Gasteiger partial charge is 0.228 e. The highest BCUT2D eigenvalue weighted by molar-refractivity contribution is 7.18. The van der Waals surface area contributed by atoms with Crippen molar-refractivity contribution in [2.75, 3.05) is 17.2 Å². The third kappa shape index (κ3) is 3.86. The molecule has 0 spiro atoms. The van der Waals surface area contributed by atoms with E-state index in [9.17, 15) is 4.79 Å². The molecule has 1 aliphatic heterocycles. The zero-order valence-corrected chi connectivity index (χ0v) is 15.9. The van der Waals surface area contributed by atoms with E-state index in [1.807, 2.05) is 36.5 Å². The minimum Gasteiger partial charge on any atom is -0.360 e. The van der Waals surface area contributed by atoms with Crippen LogP contribution in [0.15, 0.2) is 54.7 Å².